The van der Waals surface area contributed by atoms with Crippen LogP contribution in [-0.2, 0) is 11.2 Å². The lowest BCUT2D eigenvalue weighted by Gasteiger charge is -2.13. The fourth-order valence-electron chi connectivity index (χ4n) is 1.61. The van der Waals surface area contributed by atoms with Crippen LogP contribution in [0.2, 0.25) is 0 Å². The summed E-state index contributed by atoms with van der Waals surface area (Å²) in [5.41, 5.74) is 0. The Labute approximate surface area is 99.2 Å². The second kappa shape index (κ2) is 10.8. The summed E-state index contributed by atoms with van der Waals surface area (Å²) in [6, 6.07) is 0. The molecule has 0 N–H and O–H groups in total. The van der Waals surface area contributed by atoms with Crippen LogP contribution >= 0.6 is 0 Å². The Morgan fingerprint density at radius 2 is 1.33 bits per heavy atom. The molecular weight excluding hydrogens is 204 g/mol. The molecule has 1 nitrogen and oxygen atoms in total. The van der Waals surface area contributed by atoms with Gasteiger partial charge in [0.15, 0.2) is 0 Å². The van der Waals surface area contributed by atoms with Crippen LogP contribution in [0.1, 0.15) is 72.1 Å². The van der Waals surface area contributed by atoms with Gasteiger partial charge in [0.2, 0.25) is 0 Å². The SMILES string of the molecule is CCCCCCCCCC[S+]([O-])C(C)C. The molecule has 0 radical (unpaired) electrons. The Kier molecular flexibility index (Phi) is 11.0. The second-order valence-corrected chi connectivity index (χ2v) is 6.72. The van der Waals surface area contributed by atoms with E-state index in [1.807, 2.05) is 13.8 Å². The fourth-order valence-corrected chi connectivity index (χ4v) is 2.57. The van der Waals surface area contributed by atoms with E-state index in [1.54, 1.807) is 0 Å². The molecule has 0 aromatic carbocycles. The van der Waals surface area contributed by atoms with Gasteiger partial charge < -0.3 is 4.55 Å². The van der Waals surface area contributed by atoms with E-state index in [0.717, 1.165) is 12.2 Å². The van der Waals surface area contributed by atoms with E-state index in [1.165, 1.54) is 44.9 Å². The van der Waals surface area contributed by atoms with Crippen molar-refractivity contribution in [3.8, 4) is 0 Å². The van der Waals surface area contributed by atoms with Crippen LogP contribution in [0.15, 0.2) is 0 Å². The zero-order valence-electron chi connectivity index (χ0n) is 10.8. The molecule has 0 aromatic rings. The molecule has 2 heteroatoms. The molecular formula is C13H28OS. The van der Waals surface area contributed by atoms with Gasteiger partial charge in [-0.3, -0.25) is 0 Å². The van der Waals surface area contributed by atoms with E-state index in [9.17, 15) is 4.55 Å². The highest BCUT2D eigenvalue weighted by Crippen LogP contribution is 2.10. The molecule has 0 fully saturated rings. The Morgan fingerprint density at radius 3 is 1.80 bits per heavy atom. The molecule has 0 aromatic heterocycles. The molecule has 0 saturated heterocycles. The predicted octanol–water partition coefficient (Wildman–Crippen LogP) is 4.28. The maximum atomic E-state index is 11.4. The Balaban J connectivity index is 3.05. The Bertz CT molecular complexity index is 126. The van der Waals surface area contributed by atoms with Gasteiger partial charge in [0.25, 0.3) is 0 Å². The van der Waals surface area contributed by atoms with E-state index >= 15 is 0 Å². The average molecular weight is 232 g/mol. The average Bonchev–Trinajstić information content (AvgIpc) is 2.21. The lowest BCUT2D eigenvalue weighted by molar-refractivity contribution is 0.567. The zero-order valence-corrected chi connectivity index (χ0v) is 11.6. The summed E-state index contributed by atoms with van der Waals surface area (Å²) in [5.74, 6) is 0.909. The first-order valence-electron chi connectivity index (χ1n) is 6.55. The summed E-state index contributed by atoms with van der Waals surface area (Å²) in [6.45, 7) is 6.34. The van der Waals surface area contributed by atoms with Gasteiger partial charge in [0.1, 0.15) is 11.0 Å². The first-order chi connectivity index (χ1) is 7.18. The first kappa shape index (κ1) is 15.3. The number of rotatable bonds is 10. The molecule has 0 amide bonds. The molecule has 0 aliphatic rings. The van der Waals surface area contributed by atoms with Crippen molar-refractivity contribution in [1.29, 1.82) is 0 Å². The van der Waals surface area contributed by atoms with Gasteiger partial charge in [-0.25, -0.2) is 0 Å². The molecule has 0 saturated carbocycles. The highest BCUT2D eigenvalue weighted by molar-refractivity contribution is 7.91. The lowest BCUT2D eigenvalue weighted by Crippen LogP contribution is -2.17. The van der Waals surface area contributed by atoms with Crippen LogP contribution in [0, 0.1) is 0 Å². The van der Waals surface area contributed by atoms with Crippen molar-refractivity contribution >= 4 is 11.2 Å². The van der Waals surface area contributed by atoms with E-state index < -0.39 is 11.2 Å². The summed E-state index contributed by atoms with van der Waals surface area (Å²) in [5, 5.41) is 0.342. The summed E-state index contributed by atoms with van der Waals surface area (Å²) < 4.78 is 11.4. The van der Waals surface area contributed by atoms with Crippen molar-refractivity contribution in [2.75, 3.05) is 5.75 Å². The highest BCUT2D eigenvalue weighted by Gasteiger charge is 2.09. The molecule has 0 rings (SSSR count). The van der Waals surface area contributed by atoms with Gasteiger partial charge in [-0.1, -0.05) is 56.6 Å². The highest BCUT2D eigenvalue weighted by atomic mass is 32.2. The second-order valence-electron chi connectivity index (χ2n) is 4.61. The van der Waals surface area contributed by atoms with E-state index in [0.29, 0.717) is 5.25 Å². The molecule has 0 heterocycles. The van der Waals surface area contributed by atoms with Crippen molar-refractivity contribution in [3.05, 3.63) is 0 Å². The minimum atomic E-state index is -0.582. The largest absolute Gasteiger partial charge is 0.616 e. The summed E-state index contributed by atoms with van der Waals surface area (Å²) in [4.78, 5) is 0. The number of hydrogen-bond donors (Lipinski definition) is 0. The van der Waals surface area contributed by atoms with Crippen LogP contribution in [0.5, 0.6) is 0 Å². The summed E-state index contributed by atoms with van der Waals surface area (Å²) in [7, 11) is 0. The van der Waals surface area contributed by atoms with Crippen LogP contribution in [0.3, 0.4) is 0 Å². The van der Waals surface area contributed by atoms with Gasteiger partial charge in [-0.05, 0) is 26.7 Å². The van der Waals surface area contributed by atoms with Gasteiger partial charge >= 0.3 is 0 Å². The molecule has 0 aliphatic heterocycles. The summed E-state index contributed by atoms with van der Waals surface area (Å²) in [6.07, 6.45) is 10.6. The monoisotopic (exact) mass is 232 g/mol. The third kappa shape index (κ3) is 10.6. The topological polar surface area (TPSA) is 23.1 Å². The standard InChI is InChI=1S/C13H28OS/c1-4-5-6-7-8-9-10-11-12-15(14)13(2)3/h13H,4-12H2,1-3H3. The molecule has 0 spiro atoms. The minimum Gasteiger partial charge on any atom is -0.616 e. The third-order valence-corrected chi connectivity index (χ3v) is 4.47. The number of unbranched alkanes of at least 4 members (excludes halogenated alkanes) is 7. The first-order valence-corrected chi connectivity index (χ1v) is 7.93. The van der Waals surface area contributed by atoms with Crippen LogP contribution in [0.25, 0.3) is 0 Å². The molecule has 0 bridgehead atoms. The number of hydrogen-bond acceptors (Lipinski definition) is 1. The van der Waals surface area contributed by atoms with Crippen molar-refractivity contribution < 1.29 is 4.55 Å². The normalized spacial score (nSPS) is 13.4. The smallest absolute Gasteiger partial charge is 0.110 e. The third-order valence-electron chi connectivity index (χ3n) is 2.72. The van der Waals surface area contributed by atoms with Crippen molar-refractivity contribution in [3.63, 3.8) is 0 Å². The van der Waals surface area contributed by atoms with Crippen molar-refractivity contribution in [2.24, 2.45) is 0 Å². The quantitative estimate of drug-likeness (QED) is 0.407. The van der Waals surface area contributed by atoms with Gasteiger partial charge in [0, 0.05) is 0 Å². The molecule has 92 valence electrons. The molecule has 15 heavy (non-hydrogen) atoms. The van der Waals surface area contributed by atoms with Gasteiger partial charge in [-0.15, -0.1) is 0 Å². The Morgan fingerprint density at radius 1 is 0.867 bits per heavy atom. The van der Waals surface area contributed by atoms with E-state index in [4.69, 9.17) is 0 Å². The maximum absolute atomic E-state index is 11.4. The molecule has 1 unspecified atom stereocenters. The van der Waals surface area contributed by atoms with Crippen molar-refractivity contribution in [2.45, 2.75) is 77.4 Å². The van der Waals surface area contributed by atoms with E-state index in [-0.39, 0.29) is 0 Å². The van der Waals surface area contributed by atoms with Gasteiger partial charge in [0.05, 0.1) is 0 Å². The minimum absolute atomic E-state index is 0.342. The Hall–Kier alpha value is 0.310. The predicted molar refractivity (Wildman–Crippen MR) is 70.8 cm³/mol. The van der Waals surface area contributed by atoms with Crippen LogP contribution in [0.4, 0.5) is 0 Å². The fraction of sp³-hybridized carbons (Fsp3) is 1.00. The lowest BCUT2D eigenvalue weighted by atomic mass is 10.1. The summed E-state index contributed by atoms with van der Waals surface area (Å²) >= 11 is -0.582. The maximum Gasteiger partial charge on any atom is 0.110 e. The van der Waals surface area contributed by atoms with Crippen LogP contribution < -0.4 is 0 Å². The van der Waals surface area contributed by atoms with Gasteiger partial charge in [-0.2, -0.15) is 0 Å². The molecule has 0 aliphatic carbocycles. The van der Waals surface area contributed by atoms with Crippen molar-refractivity contribution in [1.82, 2.24) is 0 Å². The molecule has 1 atom stereocenters. The zero-order chi connectivity index (χ0) is 11.5. The van der Waals surface area contributed by atoms with Crippen LogP contribution in [-0.4, -0.2) is 15.6 Å². The van der Waals surface area contributed by atoms with E-state index in [2.05, 4.69) is 6.92 Å².